The van der Waals surface area contributed by atoms with Crippen molar-refractivity contribution in [3.05, 3.63) is 89.9 Å². The maximum atomic E-state index is 12.5. The first-order chi connectivity index (χ1) is 12.1. The first kappa shape index (κ1) is 16.5. The first-order valence-electron chi connectivity index (χ1n) is 7.94. The van der Waals surface area contributed by atoms with Crippen LogP contribution < -0.4 is 10.6 Å². The fraction of sp³-hybridized carbons (Fsp3) is 0.100. The van der Waals surface area contributed by atoms with Crippen LogP contribution in [0.15, 0.2) is 77.4 Å². The highest BCUT2D eigenvalue weighted by Gasteiger charge is 2.13. The third-order valence-corrected chi connectivity index (χ3v) is 3.77. The number of carbonyl (C=O) groups excluding carboxylic acids is 2. The van der Waals surface area contributed by atoms with Crippen molar-refractivity contribution in [3.8, 4) is 0 Å². The second-order valence-electron chi connectivity index (χ2n) is 5.62. The molecular formula is C20H18N2O3. The van der Waals surface area contributed by atoms with Gasteiger partial charge < -0.3 is 15.1 Å². The van der Waals surface area contributed by atoms with Gasteiger partial charge in [0.05, 0.1) is 12.3 Å². The number of nitrogens with one attached hydrogen (secondary N) is 2. The molecule has 25 heavy (non-hydrogen) atoms. The summed E-state index contributed by atoms with van der Waals surface area (Å²) in [6, 6.07) is 19.6. The van der Waals surface area contributed by atoms with E-state index in [1.165, 1.54) is 6.26 Å². The van der Waals surface area contributed by atoms with Crippen LogP contribution in [0.4, 0.5) is 5.69 Å². The predicted molar refractivity (Wildman–Crippen MR) is 95.4 cm³/mol. The fourth-order valence-corrected chi connectivity index (χ4v) is 2.44. The Hall–Kier alpha value is -3.34. The molecule has 2 amide bonds. The molecule has 1 aromatic heterocycles. The molecule has 0 fully saturated rings. The van der Waals surface area contributed by atoms with E-state index >= 15 is 0 Å². The molecule has 126 valence electrons. The minimum atomic E-state index is -0.361. The molecule has 1 unspecified atom stereocenters. The fourth-order valence-electron chi connectivity index (χ4n) is 2.44. The average molecular weight is 334 g/mol. The zero-order valence-electron chi connectivity index (χ0n) is 13.7. The van der Waals surface area contributed by atoms with Gasteiger partial charge in [0, 0.05) is 11.3 Å². The standard InChI is InChI=1S/C20H18N2O3/c1-14(15-7-3-2-4-8-15)21-19(23)16-9-5-10-17(13-16)22-20(24)18-11-6-12-25-18/h2-14H,1H3,(H,21,23)(H,22,24). The summed E-state index contributed by atoms with van der Waals surface area (Å²) < 4.78 is 5.06. The molecule has 0 aliphatic heterocycles. The smallest absolute Gasteiger partial charge is 0.291 e. The summed E-state index contributed by atoms with van der Waals surface area (Å²) in [5.74, 6) is -0.349. The number of hydrogen-bond donors (Lipinski definition) is 2. The van der Waals surface area contributed by atoms with E-state index in [1.54, 1.807) is 36.4 Å². The molecule has 2 N–H and O–H groups in total. The van der Waals surface area contributed by atoms with Crippen molar-refractivity contribution in [3.63, 3.8) is 0 Å². The summed E-state index contributed by atoms with van der Waals surface area (Å²) in [6.45, 7) is 1.93. The SMILES string of the molecule is CC(NC(=O)c1cccc(NC(=O)c2ccco2)c1)c1ccccc1. The van der Waals surface area contributed by atoms with Crippen molar-refractivity contribution < 1.29 is 14.0 Å². The van der Waals surface area contributed by atoms with Gasteiger partial charge in [-0.1, -0.05) is 36.4 Å². The Labute approximate surface area is 145 Å². The Morgan fingerprint density at radius 1 is 0.920 bits per heavy atom. The highest BCUT2D eigenvalue weighted by molar-refractivity contribution is 6.03. The lowest BCUT2D eigenvalue weighted by molar-refractivity contribution is 0.0938. The molecular weight excluding hydrogens is 316 g/mol. The molecule has 0 saturated carbocycles. The van der Waals surface area contributed by atoms with Gasteiger partial charge in [-0.25, -0.2) is 0 Å². The van der Waals surface area contributed by atoms with Crippen LogP contribution in [-0.2, 0) is 0 Å². The highest BCUT2D eigenvalue weighted by atomic mass is 16.3. The van der Waals surface area contributed by atoms with Gasteiger partial charge in [-0.05, 0) is 42.8 Å². The van der Waals surface area contributed by atoms with Gasteiger partial charge in [-0.2, -0.15) is 0 Å². The number of hydrogen-bond acceptors (Lipinski definition) is 3. The molecule has 3 aromatic rings. The van der Waals surface area contributed by atoms with Crippen molar-refractivity contribution in [1.82, 2.24) is 5.32 Å². The van der Waals surface area contributed by atoms with Gasteiger partial charge in [0.15, 0.2) is 5.76 Å². The summed E-state index contributed by atoms with van der Waals surface area (Å²) in [5, 5.41) is 5.66. The summed E-state index contributed by atoms with van der Waals surface area (Å²) in [7, 11) is 0. The van der Waals surface area contributed by atoms with Crippen molar-refractivity contribution in [1.29, 1.82) is 0 Å². The minimum absolute atomic E-state index is 0.116. The Kier molecular flexibility index (Phi) is 4.95. The van der Waals surface area contributed by atoms with E-state index in [0.29, 0.717) is 11.3 Å². The van der Waals surface area contributed by atoms with Crippen molar-refractivity contribution in [2.24, 2.45) is 0 Å². The number of rotatable bonds is 5. The lowest BCUT2D eigenvalue weighted by atomic mass is 10.1. The Morgan fingerprint density at radius 2 is 1.72 bits per heavy atom. The topological polar surface area (TPSA) is 71.3 Å². The zero-order chi connectivity index (χ0) is 17.6. The minimum Gasteiger partial charge on any atom is -0.459 e. The number of benzene rings is 2. The van der Waals surface area contributed by atoms with Crippen molar-refractivity contribution in [2.45, 2.75) is 13.0 Å². The van der Waals surface area contributed by atoms with Gasteiger partial charge in [-0.3, -0.25) is 9.59 Å². The lowest BCUT2D eigenvalue weighted by Crippen LogP contribution is -2.26. The molecule has 1 heterocycles. The summed E-state index contributed by atoms with van der Waals surface area (Å²) >= 11 is 0. The van der Waals surface area contributed by atoms with E-state index in [0.717, 1.165) is 5.56 Å². The van der Waals surface area contributed by atoms with Gasteiger partial charge in [-0.15, -0.1) is 0 Å². The number of amides is 2. The largest absolute Gasteiger partial charge is 0.459 e. The lowest BCUT2D eigenvalue weighted by Gasteiger charge is -2.14. The molecule has 0 bridgehead atoms. The van der Waals surface area contributed by atoms with Gasteiger partial charge >= 0.3 is 0 Å². The van der Waals surface area contributed by atoms with E-state index in [2.05, 4.69) is 10.6 Å². The molecule has 3 rings (SSSR count). The predicted octanol–water partition coefficient (Wildman–Crippen LogP) is 4.02. The molecule has 0 saturated heterocycles. The van der Waals surface area contributed by atoms with E-state index in [9.17, 15) is 9.59 Å². The summed E-state index contributed by atoms with van der Waals surface area (Å²) in [5.41, 5.74) is 2.03. The normalized spacial score (nSPS) is 11.6. The number of anilines is 1. The maximum absolute atomic E-state index is 12.5. The Morgan fingerprint density at radius 3 is 2.44 bits per heavy atom. The highest BCUT2D eigenvalue weighted by Crippen LogP contribution is 2.15. The van der Waals surface area contributed by atoms with Crippen molar-refractivity contribution in [2.75, 3.05) is 5.32 Å². The van der Waals surface area contributed by atoms with Gasteiger partial charge in [0.1, 0.15) is 0 Å². The zero-order valence-corrected chi connectivity index (χ0v) is 13.7. The summed E-state index contributed by atoms with van der Waals surface area (Å²) in [6.07, 6.45) is 1.43. The monoisotopic (exact) mass is 334 g/mol. The summed E-state index contributed by atoms with van der Waals surface area (Å²) in [4.78, 5) is 24.5. The molecule has 0 aliphatic rings. The van der Waals surface area contributed by atoms with E-state index in [4.69, 9.17) is 4.42 Å². The average Bonchev–Trinajstić information content (AvgIpc) is 3.17. The van der Waals surface area contributed by atoms with Crippen LogP contribution in [0.25, 0.3) is 0 Å². The van der Waals surface area contributed by atoms with E-state index in [-0.39, 0.29) is 23.6 Å². The molecule has 0 aliphatic carbocycles. The molecule has 5 heteroatoms. The molecule has 1 atom stereocenters. The quantitative estimate of drug-likeness (QED) is 0.740. The molecule has 2 aromatic carbocycles. The second kappa shape index (κ2) is 7.49. The van der Waals surface area contributed by atoms with Gasteiger partial charge in [0.25, 0.3) is 11.8 Å². The van der Waals surface area contributed by atoms with Gasteiger partial charge in [0.2, 0.25) is 0 Å². The van der Waals surface area contributed by atoms with Crippen LogP contribution in [0, 0.1) is 0 Å². The van der Waals surface area contributed by atoms with E-state index < -0.39 is 0 Å². The third-order valence-electron chi connectivity index (χ3n) is 3.77. The molecule has 0 spiro atoms. The number of carbonyl (C=O) groups is 2. The van der Waals surface area contributed by atoms with E-state index in [1.807, 2.05) is 37.3 Å². The van der Waals surface area contributed by atoms with Crippen molar-refractivity contribution >= 4 is 17.5 Å². The Balaban J connectivity index is 1.68. The van der Waals surface area contributed by atoms with Crippen LogP contribution in [0.1, 0.15) is 39.4 Å². The van der Waals surface area contributed by atoms with Crippen LogP contribution >= 0.6 is 0 Å². The third kappa shape index (κ3) is 4.14. The Bertz CT molecular complexity index is 858. The second-order valence-corrected chi connectivity index (χ2v) is 5.62. The van der Waals surface area contributed by atoms with Crippen LogP contribution in [0.3, 0.4) is 0 Å². The molecule has 0 radical (unpaired) electrons. The molecule has 5 nitrogen and oxygen atoms in total. The first-order valence-corrected chi connectivity index (χ1v) is 7.94. The van der Waals surface area contributed by atoms with Crippen LogP contribution in [0.5, 0.6) is 0 Å². The maximum Gasteiger partial charge on any atom is 0.291 e. The van der Waals surface area contributed by atoms with Crippen LogP contribution in [0.2, 0.25) is 0 Å². The van der Waals surface area contributed by atoms with Crippen LogP contribution in [-0.4, -0.2) is 11.8 Å². The number of furan rings is 1.